The van der Waals surface area contributed by atoms with Gasteiger partial charge in [-0.25, -0.2) is 4.68 Å². The topological polar surface area (TPSA) is 56.7 Å². The van der Waals surface area contributed by atoms with Crippen molar-refractivity contribution >= 4 is 12.4 Å². The Hall–Kier alpha value is -1.39. The average Bonchev–Trinajstić information content (AvgIpc) is 2.68. The van der Waals surface area contributed by atoms with E-state index in [-0.39, 0.29) is 12.4 Å². The van der Waals surface area contributed by atoms with Crippen molar-refractivity contribution < 1.29 is 0 Å². The van der Waals surface area contributed by atoms with Gasteiger partial charge in [-0.1, -0.05) is 35.5 Å². The first kappa shape index (κ1) is 12.7. The molecule has 5 heteroatoms. The van der Waals surface area contributed by atoms with E-state index in [1.807, 2.05) is 22.9 Å². The molecule has 0 unspecified atom stereocenters. The van der Waals surface area contributed by atoms with Crippen molar-refractivity contribution in [1.82, 2.24) is 15.0 Å². The lowest BCUT2D eigenvalue weighted by Crippen LogP contribution is -2.11. The molecule has 0 bridgehead atoms. The molecule has 0 aliphatic heterocycles. The molecule has 0 saturated heterocycles. The predicted molar refractivity (Wildman–Crippen MR) is 65.6 cm³/mol. The summed E-state index contributed by atoms with van der Waals surface area (Å²) in [6, 6.07) is 10.2. The molecule has 0 spiro atoms. The molecule has 1 aromatic heterocycles. The third kappa shape index (κ3) is 3.05. The first-order chi connectivity index (χ1) is 7.40. The molecule has 0 fully saturated rings. The van der Waals surface area contributed by atoms with Crippen molar-refractivity contribution in [2.24, 2.45) is 5.73 Å². The molecule has 16 heavy (non-hydrogen) atoms. The molecule has 2 N–H and O–H groups in total. The third-order valence-corrected chi connectivity index (χ3v) is 2.27. The van der Waals surface area contributed by atoms with Gasteiger partial charge in [-0.3, -0.25) is 0 Å². The summed E-state index contributed by atoms with van der Waals surface area (Å²) in [6.45, 7) is 1.39. The fraction of sp³-hybridized carbons (Fsp3) is 0.273. The van der Waals surface area contributed by atoms with Crippen molar-refractivity contribution in [3.8, 4) is 0 Å². The van der Waals surface area contributed by atoms with Crippen LogP contribution in [-0.2, 0) is 13.0 Å². The van der Waals surface area contributed by atoms with Crippen LogP contribution in [0.5, 0.6) is 0 Å². The summed E-state index contributed by atoms with van der Waals surface area (Å²) in [6.07, 6.45) is 2.59. The zero-order chi connectivity index (χ0) is 10.5. The summed E-state index contributed by atoms with van der Waals surface area (Å²) < 4.78 is 1.89. The minimum absolute atomic E-state index is 0. The summed E-state index contributed by atoms with van der Waals surface area (Å²) in [5, 5.41) is 7.94. The Morgan fingerprint density at radius 1 is 1.19 bits per heavy atom. The van der Waals surface area contributed by atoms with Gasteiger partial charge in [0.25, 0.3) is 0 Å². The highest BCUT2D eigenvalue weighted by molar-refractivity contribution is 5.85. The lowest BCUT2D eigenvalue weighted by molar-refractivity contribution is 0.617. The van der Waals surface area contributed by atoms with E-state index < -0.39 is 0 Å². The molecule has 2 aromatic rings. The van der Waals surface area contributed by atoms with E-state index in [9.17, 15) is 0 Å². The second kappa shape index (κ2) is 6.25. The number of halogens is 1. The van der Waals surface area contributed by atoms with Crippen molar-refractivity contribution in [1.29, 1.82) is 0 Å². The standard InChI is InChI=1S/C11H14N4.ClH/c12-7-6-11-8-13-14-15(11)9-10-4-2-1-3-5-10;/h1-5,8H,6-7,9,12H2;1H. The van der Waals surface area contributed by atoms with Gasteiger partial charge in [0, 0.05) is 6.42 Å². The second-order valence-corrected chi connectivity index (χ2v) is 3.41. The fourth-order valence-corrected chi connectivity index (χ4v) is 1.51. The molecule has 0 atom stereocenters. The Kier molecular flexibility index (Phi) is 4.95. The smallest absolute Gasteiger partial charge is 0.0725 e. The lowest BCUT2D eigenvalue weighted by Gasteiger charge is -2.04. The van der Waals surface area contributed by atoms with Crippen molar-refractivity contribution in [2.75, 3.05) is 6.54 Å². The number of benzene rings is 1. The van der Waals surface area contributed by atoms with E-state index in [0.29, 0.717) is 6.54 Å². The minimum atomic E-state index is 0. The van der Waals surface area contributed by atoms with Gasteiger partial charge in [0.05, 0.1) is 18.4 Å². The number of hydrogen-bond donors (Lipinski definition) is 1. The van der Waals surface area contributed by atoms with E-state index >= 15 is 0 Å². The molecular formula is C11H15ClN4. The number of nitrogens with two attached hydrogens (primary N) is 1. The Bertz CT molecular complexity index is 413. The van der Waals surface area contributed by atoms with Gasteiger partial charge in [-0.15, -0.1) is 17.5 Å². The number of hydrogen-bond acceptors (Lipinski definition) is 3. The van der Waals surface area contributed by atoms with Crippen molar-refractivity contribution in [3.05, 3.63) is 47.8 Å². The van der Waals surface area contributed by atoms with E-state index in [1.165, 1.54) is 5.56 Å². The maximum Gasteiger partial charge on any atom is 0.0725 e. The SMILES string of the molecule is Cl.NCCc1cnnn1Cc1ccccc1. The maximum absolute atomic E-state index is 5.51. The number of aromatic nitrogens is 3. The lowest BCUT2D eigenvalue weighted by atomic mass is 10.2. The highest BCUT2D eigenvalue weighted by Gasteiger charge is 2.02. The molecule has 1 heterocycles. The largest absolute Gasteiger partial charge is 0.330 e. The van der Waals surface area contributed by atoms with Crippen LogP contribution in [-0.4, -0.2) is 21.5 Å². The predicted octanol–water partition coefficient (Wildman–Crippen LogP) is 1.25. The fourth-order valence-electron chi connectivity index (χ4n) is 1.51. The molecule has 0 amide bonds. The highest BCUT2D eigenvalue weighted by Crippen LogP contribution is 2.04. The van der Waals surface area contributed by atoms with Crippen LogP contribution in [0.2, 0.25) is 0 Å². The summed E-state index contributed by atoms with van der Waals surface area (Å²) in [7, 11) is 0. The molecule has 0 saturated carbocycles. The molecule has 0 radical (unpaired) electrons. The third-order valence-electron chi connectivity index (χ3n) is 2.27. The minimum Gasteiger partial charge on any atom is -0.330 e. The van der Waals surface area contributed by atoms with E-state index in [1.54, 1.807) is 6.20 Å². The Labute approximate surface area is 101 Å². The van der Waals surface area contributed by atoms with E-state index in [4.69, 9.17) is 5.73 Å². The van der Waals surface area contributed by atoms with Crippen LogP contribution in [0.4, 0.5) is 0 Å². The van der Waals surface area contributed by atoms with E-state index in [2.05, 4.69) is 22.4 Å². The number of nitrogens with zero attached hydrogens (tertiary/aromatic N) is 3. The molecular weight excluding hydrogens is 224 g/mol. The summed E-state index contributed by atoms with van der Waals surface area (Å²) in [5.74, 6) is 0. The van der Waals surface area contributed by atoms with E-state index in [0.717, 1.165) is 18.7 Å². The van der Waals surface area contributed by atoms with Gasteiger partial charge in [0.2, 0.25) is 0 Å². The quantitative estimate of drug-likeness (QED) is 0.872. The Morgan fingerprint density at radius 2 is 1.94 bits per heavy atom. The molecule has 0 aliphatic carbocycles. The van der Waals surface area contributed by atoms with Gasteiger partial charge in [0.15, 0.2) is 0 Å². The first-order valence-electron chi connectivity index (χ1n) is 5.01. The summed E-state index contributed by atoms with van der Waals surface area (Å²) in [5.41, 5.74) is 7.82. The second-order valence-electron chi connectivity index (χ2n) is 3.41. The van der Waals surface area contributed by atoms with Crippen LogP contribution in [0, 0.1) is 0 Å². The van der Waals surface area contributed by atoms with Gasteiger partial charge >= 0.3 is 0 Å². The summed E-state index contributed by atoms with van der Waals surface area (Å²) >= 11 is 0. The van der Waals surface area contributed by atoms with Crippen molar-refractivity contribution in [3.63, 3.8) is 0 Å². The molecule has 4 nitrogen and oxygen atoms in total. The molecule has 0 aliphatic rings. The van der Waals surface area contributed by atoms with Gasteiger partial charge in [0.1, 0.15) is 0 Å². The van der Waals surface area contributed by atoms with Gasteiger partial charge < -0.3 is 5.73 Å². The average molecular weight is 239 g/mol. The van der Waals surface area contributed by atoms with Crippen LogP contribution in [0.1, 0.15) is 11.3 Å². The Morgan fingerprint density at radius 3 is 2.62 bits per heavy atom. The molecule has 86 valence electrons. The van der Waals surface area contributed by atoms with Gasteiger partial charge in [-0.05, 0) is 12.1 Å². The normalized spacial score (nSPS) is 9.81. The molecule has 1 aromatic carbocycles. The maximum atomic E-state index is 5.51. The van der Waals surface area contributed by atoms with Crippen molar-refractivity contribution in [2.45, 2.75) is 13.0 Å². The van der Waals surface area contributed by atoms with Crippen LogP contribution >= 0.6 is 12.4 Å². The van der Waals surface area contributed by atoms with Crippen LogP contribution < -0.4 is 5.73 Å². The Balaban J connectivity index is 0.00000128. The zero-order valence-electron chi connectivity index (χ0n) is 8.91. The van der Waals surface area contributed by atoms with Gasteiger partial charge in [-0.2, -0.15) is 0 Å². The molecule has 2 rings (SSSR count). The highest BCUT2D eigenvalue weighted by atomic mass is 35.5. The summed E-state index contributed by atoms with van der Waals surface area (Å²) in [4.78, 5) is 0. The monoisotopic (exact) mass is 238 g/mol. The number of rotatable bonds is 4. The first-order valence-corrected chi connectivity index (χ1v) is 5.01. The zero-order valence-corrected chi connectivity index (χ0v) is 9.73. The van der Waals surface area contributed by atoms with Crippen LogP contribution in [0.25, 0.3) is 0 Å². The van der Waals surface area contributed by atoms with Crippen LogP contribution in [0.3, 0.4) is 0 Å². The van der Waals surface area contributed by atoms with Crippen LogP contribution in [0.15, 0.2) is 36.5 Å².